The minimum atomic E-state index is 0.332. The molecule has 7 heteroatoms. The Morgan fingerprint density at radius 3 is 3.00 bits per heavy atom. The van der Waals surface area contributed by atoms with Crippen LogP contribution < -0.4 is 5.43 Å². The fourth-order valence-corrected chi connectivity index (χ4v) is 1.34. The van der Waals surface area contributed by atoms with Gasteiger partial charge in [0.15, 0.2) is 0 Å². The molecule has 0 aliphatic carbocycles. The van der Waals surface area contributed by atoms with Crippen molar-refractivity contribution >= 4 is 28.1 Å². The normalized spacial score (nSPS) is 10.7. The Morgan fingerprint density at radius 2 is 2.27 bits per heavy atom. The number of benzene rings is 1. The first-order valence-corrected chi connectivity index (χ1v) is 4.92. The number of anilines is 1. The quantitative estimate of drug-likeness (QED) is 0.651. The van der Waals surface area contributed by atoms with Gasteiger partial charge in [-0.25, -0.2) is 5.43 Å². The SMILES string of the molecule is Brc1ccccc1/C=N/Nc1nn[nH]n1. The second-order valence-corrected chi connectivity index (χ2v) is 3.48. The smallest absolute Gasteiger partial charge is 0.243 e. The van der Waals surface area contributed by atoms with Crippen LogP contribution in [0.3, 0.4) is 0 Å². The van der Waals surface area contributed by atoms with Gasteiger partial charge in [0.05, 0.1) is 6.21 Å². The molecule has 0 aliphatic heterocycles. The van der Waals surface area contributed by atoms with Gasteiger partial charge in [-0.05, 0) is 11.3 Å². The van der Waals surface area contributed by atoms with Gasteiger partial charge < -0.3 is 0 Å². The van der Waals surface area contributed by atoms with Crippen molar-refractivity contribution in [1.29, 1.82) is 0 Å². The van der Waals surface area contributed by atoms with Gasteiger partial charge in [-0.3, -0.25) is 0 Å². The van der Waals surface area contributed by atoms with Gasteiger partial charge in [-0.2, -0.15) is 10.3 Å². The second-order valence-electron chi connectivity index (χ2n) is 2.63. The number of aromatic amines is 1. The molecule has 1 heterocycles. The van der Waals surface area contributed by atoms with Gasteiger partial charge in [0, 0.05) is 10.0 Å². The van der Waals surface area contributed by atoms with Gasteiger partial charge in [0.25, 0.3) is 5.95 Å². The maximum atomic E-state index is 3.95. The number of nitrogens with zero attached hydrogens (tertiary/aromatic N) is 4. The summed E-state index contributed by atoms with van der Waals surface area (Å²) in [6.45, 7) is 0. The Balaban J connectivity index is 2.03. The molecule has 2 N–H and O–H groups in total. The van der Waals surface area contributed by atoms with Crippen molar-refractivity contribution in [3.05, 3.63) is 34.3 Å². The van der Waals surface area contributed by atoms with E-state index >= 15 is 0 Å². The third kappa shape index (κ3) is 2.59. The lowest BCUT2D eigenvalue weighted by Gasteiger charge is -1.95. The van der Waals surface area contributed by atoms with Gasteiger partial charge in [-0.15, -0.1) is 5.10 Å². The number of rotatable bonds is 3. The molecule has 0 amide bonds. The highest BCUT2D eigenvalue weighted by Gasteiger charge is 1.94. The number of aromatic nitrogens is 4. The molecule has 0 saturated heterocycles. The lowest BCUT2D eigenvalue weighted by molar-refractivity contribution is 0.881. The average molecular weight is 267 g/mol. The Morgan fingerprint density at radius 1 is 1.40 bits per heavy atom. The molecule has 2 aromatic rings. The predicted molar refractivity (Wildman–Crippen MR) is 59.5 cm³/mol. The topological polar surface area (TPSA) is 78.9 Å². The van der Waals surface area contributed by atoms with Crippen LogP contribution in [0, 0.1) is 0 Å². The van der Waals surface area contributed by atoms with Crippen LogP contribution in [-0.2, 0) is 0 Å². The zero-order valence-electron chi connectivity index (χ0n) is 7.55. The van der Waals surface area contributed by atoms with Crippen LogP contribution in [-0.4, -0.2) is 26.8 Å². The van der Waals surface area contributed by atoms with Gasteiger partial charge in [0.1, 0.15) is 0 Å². The van der Waals surface area contributed by atoms with E-state index in [4.69, 9.17) is 0 Å². The third-order valence-corrected chi connectivity index (χ3v) is 2.34. The van der Waals surface area contributed by atoms with E-state index in [1.807, 2.05) is 24.3 Å². The van der Waals surface area contributed by atoms with Crippen LogP contribution >= 0.6 is 15.9 Å². The van der Waals surface area contributed by atoms with E-state index in [-0.39, 0.29) is 0 Å². The van der Waals surface area contributed by atoms with E-state index in [0.717, 1.165) is 10.0 Å². The molecule has 15 heavy (non-hydrogen) atoms. The lowest BCUT2D eigenvalue weighted by Crippen LogP contribution is -1.93. The summed E-state index contributed by atoms with van der Waals surface area (Å²) in [5.74, 6) is 0.332. The number of hydrogen-bond acceptors (Lipinski definition) is 5. The Hall–Kier alpha value is -1.76. The van der Waals surface area contributed by atoms with Crippen LogP contribution in [0.15, 0.2) is 33.8 Å². The zero-order valence-corrected chi connectivity index (χ0v) is 9.14. The van der Waals surface area contributed by atoms with Crippen molar-refractivity contribution in [3.8, 4) is 0 Å². The minimum absolute atomic E-state index is 0.332. The van der Waals surface area contributed by atoms with Crippen LogP contribution in [0.1, 0.15) is 5.56 Å². The van der Waals surface area contributed by atoms with Crippen molar-refractivity contribution in [3.63, 3.8) is 0 Å². The molecule has 2 rings (SSSR count). The average Bonchev–Trinajstić information content (AvgIpc) is 2.74. The van der Waals surface area contributed by atoms with Crippen molar-refractivity contribution in [1.82, 2.24) is 20.6 Å². The van der Waals surface area contributed by atoms with E-state index in [9.17, 15) is 0 Å². The van der Waals surface area contributed by atoms with E-state index in [1.54, 1.807) is 6.21 Å². The van der Waals surface area contributed by atoms with Crippen molar-refractivity contribution in [2.24, 2.45) is 5.10 Å². The number of H-pyrrole nitrogens is 1. The Bertz CT molecular complexity index is 452. The molecule has 0 fully saturated rings. The summed E-state index contributed by atoms with van der Waals surface area (Å²) in [6, 6.07) is 7.75. The predicted octanol–water partition coefficient (Wildman–Crippen LogP) is 1.41. The Labute approximate surface area is 93.9 Å². The van der Waals surface area contributed by atoms with E-state index in [0.29, 0.717) is 5.95 Å². The van der Waals surface area contributed by atoms with Crippen molar-refractivity contribution in [2.75, 3.05) is 5.43 Å². The summed E-state index contributed by atoms with van der Waals surface area (Å²) in [4.78, 5) is 0. The highest BCUT2D eigenvalue weighted by molar-refractivity contribution is 9.10. The molecule has 1 aromatic heterocycles. The largest absolute Gasteiger partial charge is 0.283 e. The first-order chi connectivity index (χ1) is 7.36. The van der Waals surface area contributed by atoms with Crippen LogP contribution in [0.25, 0.3) is 0 Å². The van der Waals surface area contributed by atoms with Crippen molar-refractivity contribution in [2.45, 2.75) is 0 Å². The second kappa shape index (κ2) is 4.65. The number of hydrazone groups is 1. The van der Waals surface area contributed by atoms with Gasteiger partial charge in [-0.1, -0.05) is 39.2 Å². The third-order valence-electron chi connectivity index (χ3n) is 1.62. The molecule has 1 aromatic carbocycles. The number of halogens is 1. The number of hydrogen-bond donors (Lipinski definition) is 2. The molecule has 0 aliphatic rings. The zero-order chi connectivity index (χ0) is 10.5. The summed E-state index contributed by atoms with van der Waals surface area (Å²) < 4.78 is 0.976. The minimum Gasteiger partial charge on any atom is -0.243 e. The first-order valence-electron chi connectivity index (χ1n) is 4.13. The lowest BCUT2D eigenvalue weighted by atomic mass is 10.2. The standard InChI is InChI=1S/C8H7BrN6/c9-7-4-2-1-3-6(7)5-10-11-8-12-14-15-13-8/h1-5H,(H2,11,12,13,14,15)/b10-5+. The summed E-state index contributed by atoms with van der Waals surface area (Å²) in [5, 5.41) is 17.0. The van der Waals surface area contributed by atoms with Crippen LogP contribution in [0.4, 0.5) is 5.95 Å². The summed E-state index contributed by atoms with van der Waals surface area (Å²) in [5.41, 5.74) is 3.60. The highest BCUT2D eigenvalue weighted by Crippen LogP contribution is 2.13. The van der Waals surface area contributed by atoms with E-state index in [1.165, 1.54) is 0 Å². The molecular weight excluding hydrogens is 260 g/mol. The molecular formula is C8H7BrN6. The number of tetrazole rings is 1. The highest BCUT2D eigenvalue weighted by atomic mass is 79.9. The van der Waals surface area contributed by atoms with Gasteiger partial charge >= 0.3 is 0 Å². The first kappa shape index (κ1) is 9.78. The molecule has 0 spiro atoms. The van der Waals surface area contributed by atoms with Crippen molar-refractivity contribution < 1.29 is 0 Å². The summed E-state index contributed by atoms with van der Waals surface area (Å²) >= 11 is 3.41. The summed E-state index contributed by atoms with van der Waals surface area (Å²) in [6.07, 6.45) is 1.67. The molecule has 76 valence electrons. The monoisotopic (exact) mass is 266 g/mol. The van der Waals surface area contributed by atoms with Gasteiger partial charge in [0.2, 0.25) is 0 Å². The molecule has 6 nitrogen and oxygen atoms in total. The van der Waals surface area contributed by atoms with E-state index in [2.05, 4.69) is 47.1 Å². The maximum Gasteiger partial charge on any atom is 0.283 e. The summed E-state index contributed by atoms with van der Waals surface area (Å²) in [7, 11) is 0. The van der Waals surface area contributed by atoms with E-state index < -0.39 is 0 Å². The fourth-order valence-electron chi connectivity index (χ4n) is 0.949. The number of nitrogens with one attached hydrogen (secondary N) is 2. The molecule has 0 saturated carbocycles. The molecule has 0 bridgehead atoms. The van der Waals surface area contributed by atoms with Crippen LogP contribution in [0.2, 0.25) is 0 Å². The molecule has 0 unspecified atom stereocenters. The maximum absolute atomic E-state index is 3.95. The molecule has 0 radical (unpaired) electrons. The Kier molecular flexibility index (Phi) is 3.03. The molecule has 0 atom stereocenters. The fraction of sp³-hybridized carbons (Fsp3) is 0. The van der Waals surface area contributed by atoms with Crippen LogP contribution in [0.5, 0.6) is 0 Å².